The normalized spacial score (nSPS) is 12.0. The van der Waals surface area contributed by atoms with Crippen molar-refractivity contribution in [3.63, 3.8) is 0 Å². The van der Waals surface area contributed by atoms with Crippen molar-refractivity contribution in [3.8, 4) is 0 Å². The van der Waals surface area contributed by atoms with E-state index in [1.54, 1.807) is 18.2 Å². The third-order valence-electron chi connectivity index (χ3n) is 3.81. The van der Waals surface area contributed by atoms with Crippen LogP contribution in [-0.2, 0) is 6.42 Å². The van der Waals surface area contributed by atoms with Crippen LogP contribution in [0, 0.1) is 5.82 Å². The Hall–Kier alpha value is -3.19. The molecule has 4 aromatic rings. The van der Waals surface area contributed by atoms with Crippen molar-refractivity contribution >= 4 is 22.4 Å². The van der Waals surface area contributed by atoms with Crippen LogP contribution in [0.25, 0.3) is 11.0 Å². The van der Waals surface area contributed by atoms with Crippen LogP contribution in [0.4, 0.5) is 4.39 Å². The lowest BCUT2D eigenvalue weighted by molar-refractivity contribution is 0.627. The number of rotatable bonds is 3. The van der Waals surface area contributed by atoms with Crippen molar-refractivity contribution in [1.29, 1.82) is 0 Å². The van der Waals surface area contributed by atoms with Gasteiger partial charge in [0.05, 0.1) is 4.53 Å². The lowest BCUT2D eigenvalue weighted by Gasteiger charge is -1.99. The second kappa shape index (κ2) is 6.61. The smallest absolute Gasteiger partial charge is 0.266 e. The summed E-state index contributed by atoms with van der Waals surface area (Å²) in [5.41, 5.74) is 0.846. The van der Waals surface area contributed by atoms with E-state index in [1.165, 1.54) is 12.1 Å². The van der Waals surface area contributed by atoms with Gasteiger partial charge < -0.3 is 0 Å². The molecule has 5 nitrogen and oxygen atoms in total. The van der Waals surface area contributed by atoms with Gasteiger partial charge in [0, 0.05) is 6.42 Å². The number of aromatic nitrogens is 3. The van der Waals surface area contributed by atoms with E-state index in [4.69, 9.17) is 0 Å². The zero-order chi connectivity index (χ0) is 18.1. The highest BCUT2D eigenvalue weighted by molar-refractivity contribution is 7.15. The van der Waals surface area contributed by atoms with Crippen LogP contribution in [0.15, 0.2) is 64.2 Å². The summed E-state index contributed by atoms with van der Waals surface area (Å²) in [5.74, 6) is -0.386. The predicted octanol–water partition coefficient (Wildman–Crippen LogP) is 1.79. The SMILES string of the molecule is O=c1nc2sc(=Cc3cccc(F)c3)c(=O)n2nc1Cc1ccccc1. The standard InChI is InChI=1S/C19H12FN3O2S/c20-14-8-4-7-13(9-14)11-16-18(25)23-19(26-16)21-17(24)15(22-23)10-12-5-2-1-3-6-12/h1-9,11H,10H2. The van der Waals surface area contributed by atoms with Crippen LogP contribution in [0.2, 0.25) is 0 Å². The second-order valence-electron chi connectivity index (χ2n) is 5.69. The first kappa shape index (κ1) is 16.3. The molecule has 0 unspecified atom stereocenters. The average Bonchev–Trinajstić information content (AvgIpc) is 2.91. The van der Waals surface area contributed by atoms with Gasteiger partial charge in [-0.2, -0.15) is 14.6 Å². The minimum atomic E-state index is -0.451. The molecule has 0 amide bonds. The van der Waals surface area contributed by atoms with E-state index in [1.807, 2.05) is 30.3 Å². The summed E-state index contributed by atoms with van der Waals surface area (Å²) in [6.07, 6.45) is 1.86. The fourth-order valence-electron chi connectivity index (χ4n) is 2.59. The van der Waals surface area contributed by atoms with Gasteiger partial charge >= 0.3 is 0 Å². The van der Waals surface area contributed by atoms with Gasteiger partial charge in [-0.1, -0.05) is 53.8 Å². The van der Waals surface area contributed by atoms with Gasteiger partial charge in [0.2, 0.25) is 4.96 Å². The maximum atomic E-state index is 13.3. The maximum Gasteiger partial charge on any atom is 0.296 e. The summed E-state index contributed by atoms with van der Waals surface area (Å²) in [5, 5.41) is 4.19. The summed E-state index contributed by atoms with van der Waals surface area (Å²) >= 11 is 1.05. The molecule has 2 aromatic carbocycles. The number of thiazole rings is 1. The van der Waals surface area contributed by atoms with Crippen LogP contribution in [0.5, 0.6) is 0 Å². The Balaban J connectivity index is 1.83. The van der Waals surface area contributed by atoms with E-state index in [0.717, 1.165) is 21.4 Å². The summed E-state index contributed by atoms with van der Waals surface area (Å²) in [6, 6.07) is 15.3. The Bertz CT molecular complexity index is 1270. The molecule has 2 aromatic heterocycles. The molecule has 0 spiro atoms. The highest BCUT2D eigenvalue weighted by Crippen LogP contribution is 2.06. The van der Waals surface area contributed by atoms with E-state index < -0.39 is 5.56 Å². The van der Waals surface area contributed by atoms with Gasteiger partial charge in [0.25, 0.3) is 11.1 Å². The average molecular weight is 365 g/mol. The molecule has 0 atom stereocenters. The molecule has 0 aliphatic heterocycles. The van der Waals surface area contributed by atoms with Gasteiger partial charge in [-0.3, -0.25) is 9.59 Å². The monoisotopic (exact) mass is 365 g/mol. The Morgan fingerprint density at radius 3 is 2.65 bits per heavy atom. The molecule has 0 fully saturated rings. The van der Waals surface area contributed by atoms with Crippen LogP contribution >= 0.6 is 11.3 Å². The second-order valence-corrected chi connectivity index (χ2v) is 6.70. The van der Waals surface area contributed by atoms with Crippen LogP contribution < -0.4 is 15.7 Å². The molecule has 7 heteroatoms. The highest BCUT2D eigenvalue weighted by atomic mass is 32.1. The Kier molecular flexibility index (Phi) is 4.14. The minimum Gasteiger partial charge on any atom is -0.266 e. The molecule has 0 saturated carbocycles. The van der Waals surface area contributed by atoms with Crippen molar-refractivity contribution in [3.05, 3.63) is 102 Å². The molecule has 0 saturated heterocycles. The van der Waals surface area contributed by atoms with Gasteiger partial charge in [-0.15, -0.1) is 0 Å². The van der Waals surface area contributed by atoms with Gasteiger partial charge in [0.1, 0.15) is 11.5 Å². The van der Waals surface area contributed by atoms with Crippen LogP contribution in [-0.4, -0.2) is 14.6 Å². The molecule has 128 valence electrons. The first-order valence-electron chi connectivity index (χ1n) is 7.84. The Morgan fingerprint density at radius 1 is 1.08 bits per heavy atom. The number of hydrogen-bond acceptors (Lipinski definition) is 5. The summed E-state index contributed by atoms with van der Waals surface area (Å²) < 4.78 is 14.8. The number of fused-ring (bicyclic) bond motifs is 1. The summed E-state index contributed by atoms with van der Waals surface area (Å²) in [6.45, 7) is 0. The summed E-state index contributed by atoms with van der Waals surface area (Å²) in [4.78, 5) is 29.0. The highest BCUT2D eigenvalue weighted by Gasteiger charge is 2.11. The maximum absolute atomic E-state index is 13.3. The van der Waals surface area contributed by atoms with Crippen molar-refractivity contribution in [2.45, 2.75) is 6.42 Å². The third kappa shape index (κ3) is 3.16. The molecular formula is C19H12FN3O2S. The van der Waals surface area contributed by atoms with Crippen molar-refractivity contribution in [2.24, 2.45) is 0 Å². The molecule has 0 N–H and O–H groups in total. The van der Waals surface area contributed by atoms with E-state index >= 15 is 0 Å². The molecule has 26 heavy (non-hydrogen) atoms. The van der Waals surface area contributed by atoms with Gasteiger partial charge in [0.15, 0.2) is 0 Å². The Labute approximate surface area is 150 Å². The Morgan fingerprint density at radius 2 is 1.88 bits per heavy atom. The number of halogens is 1. The zero-order valence-electron chi connectivity index (χ0n) is 13.4. The molecule has 2 heterocycles. The number of hydrogen-bond donors (Lipinski definition) is 0. The first-order chi connectivity index (χ1) is 12.6. The van der Waals surface area contributed by atoms with Crippen molar-refractivity contribution in [2.75, 3.05) is 0 Å². The van der Waals surface area contributed by atoms with E-state index in [-0.39, 0.29) is 22.0 Å². The molecule has 0 aliphatic rings. The fourth-order valence-corrected chi connectivity index (χ4v) is 3.49. The zero-order valence-corrected chi connectivity index (χ0v) is 14.2. The largest absolute Gasteiger partial charge is 0.296 e. The topological polar surface area (TPSA) is 64.3 Å². The quantitative estimate of drug-likeness (QED) is 0.555. The van der Waals surface area contributed by atoms with Crippen LogP contribution in [0.1, 0.15) is 16.8 Å². The van der Waals surface area contributed by atoms with E-state index in [9.17, 15) is 14.0 Å². The molecule has 0 aliphatic carbocycles. The number of nitrogens with zero attached hydrogens (tertiary/aromatic N) is 3. The van der Waals surface area contributed by atoms with E-state index in [2.05, 4.69) is 10.1 Å². The van der Waals surface area contributed by atoms with Crippen LogP contribution in [0.3, 0.4) is 0 Å². The third-order valence-corrected chi connectivity index (χ3v) is 4.77. The van der Waals surface area contributed by atoms with Crippen molar-refractivity contribution < 1.29 is 4.39 Å². The molecular weight excluding hydrogens is 353 g/mol. The molecule has 4 rings (SSSR count). The van der Waals surface area contributed by atoms with Gasteiger partial charge in [-0.25, -0.2) is 4.39 Å². The first-order valence-corrected chi connectivity index (χ1v) is 8.66. The fraction of sp³-hybridized carbons (Fsp3) is 0.0526. The van der Waals surface area contributed by atoms with Crippen molar-refractivity contribution in [1.82, 2.24) is 14.6 Å². The predicted molar refractivity (Wildman–Crippen MR) is 97.8 cm³/mol. The summed E-state index contributed by atoms with van der Waals surface area (Å²) in [7, 11) is 0. The molecule has 0 radical (unpaired) electrons. The van der Waals surface area contributed by atoms with E-state index in [0.29, 0.717) is 16.5 Å². The van der Waals surface area contributed by atoms with Gasteiger partial charge in [-0.05, 0) is 29.3 Å². The number of benzene rings is 2. The lowest BCUT2D eigenvalue weighted by atomic mass is 10.1. The lowest BCUT2D eigenvalue weighted by Crippen LogP contribution is -2.28. The molecule has 0 bridgehead atoms. The minimum absolute atomic E-state index is 0.209.